The monoisotopic (exact) mass is 408 g/mol. The van der Waals surface area contributed by atoms with Crippen LogP contribution in [-0.2, 0) is 0 Å². The van der Waals surface area contributed by atoms with Crippen LogP contribution in [0.2, 0.25) is 0 Å². The highest BCUT2D eigenvalue weighted by Gasteiger charge is 2.16. The smallest absolute Gasteiger partial charge is 0.0353 e. The summed E-state index contributed by atoms with van der Waals surface area (Å²) in [6.07, 6.45) is 3.85. The first-order valence-electron chi connectivity index (χ1n) is 6.10. The van der Waals surface area contributed by atoms with Gasteiger partial charge < -0.3 is 10.6 Å². The van der Waals surface area contributed by atoms with Crippen molar-refractivity contribution in [3.8, 4) is 0 Å². The van der Waals surface area contributed by atoms with Crippen molar-refractivity contribution in [2.75, 3.05) is 11.9 Å². The lowest BCUT2D eigenvalue weighted by atomic mass is 10.1. The van der Waals surface area contributed by atoms with Gasteiger partial charge in [-0.25, -0.2) is 0 Å². The Hall–Kier alpha value is 0.190. The van der Waals surface area contributed by atoms with E-state index in [1.165, 1.54) is 35.1 Å². The van der Waals surface area contributed by atoms with Crippen LogP contribution in [0.3, 0.4) is 0 Å². The molecule has 0 saturated carbocycles. The first-order valence-corrected chi connectivity index (χ1v) is 7.97. The molecule has 2 rings (SSSR count). The van der Waals surface area contributed by atoms with Gasteiger partial charge in [-0.05, 0) is 89.5 Å². The lowest BCUT2D eigenvalue weighted by molar-refractivity contribution is 0.523. The molecule has 0 amide bonds. The summed E-state index contributed by atoms with van der Waals surface area (Å²) < 4.78 is 2.41. The molecule has 1 heterocycles. The first kappa shape index (κ1) is 13.6. The van der Waals surface area contributed by atoms with Crippen LogP contribution in [0.25, 0.3) is 0 Å². The zero-order valence-corrected chi connectivity index (χ0v) is 13.7. The van der Waals surface area contributed by atoms with Gasteiger partial charge in [0.25, 0.3) is 0 Å². The molecule has 94 valence electrons. The third-order valence-electron chi connectivity index (χ3n) is 3.13. The zero-order chi connectivity index (χ0) is 12.3. The van der Waals surface area contributed by atoms with Crippen LogP contribution in [0.5, 0.6) is 0 Å². The van der Waals surface area contributed by atoms with E-state index in [2.05, 4.69) is 74.3 Å². The summed E-state index contributed by atoms with van der Waals surface area (Å²) in [5, 5.41) is 7.12. The lowest BCUT2D eigenvalue weighted by Crippen LogP contribution is -2.29. The van der Waals surface area contributed by atoms with Gasteiger partial charge in [0.2, 0.25) is 0 Å². The number of rotatable bonds is 4. The Morgan fingerprint density at radius 1 is 1.59 bits per heavy atom. The summed E-state index contributed by atoms with van der Waals surface area (Å²) in [6.45, 7) is 3.45. The molecule has 0 bridgehead atoms. The number of nitrogens with one attached hydrogen (secondary N) is 2. The minimum atomic E-state index is 0.516. The predicted octanol–water partition coefficient (Wildman–Crippen LogP) is 4.00. The Kier molecular flexibility index (Phi) is 5.11. The number of benzene rings is 1. The second kappa shape index (κ2) is 6.38. The van der Waals surface area contributed by atoms with Gasteiger partial charge in [-0.15, -0.1) is 0 Å². The van der Waals surface area contributed by atoms with E-state index in [4.69, 9.17) is 0 Å². The van der Waals surface area contributed by atoms with E-state index < -0.39 is 0 Å². The molecule has 1 aromatic carbocycles. The molecule has 2 atom stereocenters. The minimum absolute atomic E-state index is 0.516. The zero-order valence-electron chi connectivity index (χ0n) is 9.97. The molecule has 4 heteroatoms. The van der Waals surface area contributed by atoms with Crippen molar-refractivity contribution in [2.45, 2.75) is 38.3 Å². The number of hydrogen-bond donors (Lipinski definition) is 2. The molecule has 1 aromatic rings. The van der Waals surface area contributed by atoms with E-state index >= 15 is 0 Å². The molecule has 1 aliphatic rings. The summed E-state index contributed by atoms with van der Waals surface area (Å²) in [5.74, 6) is 0. The highest BCUT2D eigenvalue weighted by atomic mass is 127. The van der Waals surface area contributed by atoms with Crippen molar-refractivity contribution in [2.24, 2.45) is 0 Å². The summed E-state index contributed by atoms with van der Waals surface area (Å²) in [4.78, 5) is 0. The molecule has 2 unspecified atom stereocenters. The van der Waals surface area contributed by atoms with E-state index in [0.29, 0.717) is 12.1 Å². The fourth-order valence-corrected chi connectivity index (χ4v) is 3.08. The van der Waals surface area contributed by atoms with Gasteiger partial charge in [0, 0.05) is 25.8 Å². The summed E-state index contributed by atoms with van der Waals surface area (Å²) in [7, 11) is 0. The van der Waals surface area contributed by atoms with Crippen LogP contribution in [0.1, 0.15) is 26.2 Å². The molecular formula is C13H18BrIN2. The average molecular weight is 409 g/mol. The van der Waals surface area contributed by atoms with Crippen LogP contribution in [0.4, 0.5) is 5.69 Å². The van der Waals surface area contributed by atoms with Crippen LogP contribution < -0.4 is 10.6 Å². The normalized spacial score (nSPS) is 21.5. The molecule has 2 N–H and O–H groups in total. The van der Waals surface area contributed by atoms with Crippen LogP contribution in [-0.4, -0.2) is 18.6 Å². The van der Waals surface area contributed by atoms with Gasteiger partial charge in [-0.1, -0.05) is 0 Å². The van der Waals surface area contributed by atoms with E-state index in [0.717, 1.165) is 4.47 Å². The van der Waals surface area contributed by atoms with Crippen molar-refractivity contribution >= 4 is 44.2 Å². The van der Waals surface area contributed by atoms with Gasteiger partial charge >= 0.3 is 0 Å². The Morgan fingerprint density at radius 2 is 2.41 bits per heavy atom. The lowest BCUT2D eigenvalue weighted by Gasteiger charge is -2.19. The molecule has 2 nitrogen and oxygen atoms in total. The maximum absolute atomic E-state index is 3.57. The maximum Gasteiger partial charge on any atom is 0.0353 e. The highest BCUT2D eigenvalue weighted by Crippen LogP contribution is 2.23. The Morgan fingerprint density at radius 3 is 3.06 bits per heavy atom. The fraction of sp³-hybridized carbons (Fsp3) is 0.538. The molecule has 1 fully saturated rings. The number of hydrogen-bond acceptors (Lipinski definition) is 2. The van der Waals surface area contributed by atoms with E-state index in [-0.39, 0.29) is 0 Å². The van der Waals surface area contributed by atoms with Crippen LogP contribution in [0.15, 0.2) is 22.7 Å². The molecule has 0 aliphatic carbocycles. The highest BCUT2D eigenvalue weighted by molar-refractivity contribution is 14.1. The third-order valence-corrected chi connectivity index (χ3v) is 5.46. The van der Waals surface area contributed by atoms with E-state index in [9.17, 15) is 0 Å². The first-order chi connectivity index (χ1) is 8.15. The van der Waals surface area contributed by atoms with E-state index in [1.54, 1.807) is 0 Å². The second-order valence-electron chi connectivity index (χ2n) is 4.70. The standard InChI is InChI=1S/C13H18BrIN2/c1-9(7-10-3-2-6-16-10)17-11-4-5-12(14)13(15)8-11/h4-5,8-10,16-17H,2-3,6-7H2,1H3. The Bertz CT molecular complexity index is 378. The number of anilines is 1. The molecule has 1 aliphatic heterocycles. The number of halogens is 2. The topological polar surface area (TPSA) is 24.1 Å². The van der Waals surface area contributed by atoms with Gasteiger partial charge in [0.15, 0.2) is 0 Å². The average Bonchev–Trinajstić information content (AvgIpc) is 2.76. The van der Waals surface area contributed by atoms with Crippen molar-refractivity contribution < 1.29 is 0 Å². The maximum atomic E-state index is 3.57. The summed E-state index contributed by atoms with van der Waals surface area (Å²) in [5.41, 5.74) is 1.21. The molecule has 1 saturated heterocycles. The summed E-state index contributed by atoms with van der Waals surface area (Å²) in [6, 6.07) is 7.63. The van der Waals surface area contributed by atoms with Crippen molar-refractivity contribution in [1.82, 2.24) is 5.32 Å². The van der Waals surface area contributed by atoms with Gasteiger partial charge in [0.1, 0.15) is 0 Å². The minimum Gasteiger partial charge on any atom is -0.383 e. The summed E-state index contributed by atoms with van der Waals surface area (Å²) >= 11 is 5.87. The van der Waals surface area contributed by atoms with Crippen molar-refractivity contribution in [3.63, 3.8) is 0 Å². The Labute approximate surface area is 125 Å². The predicted molar refractivity (Wildman–Crippen MR) is 85.6 cm³/mol. The molecule has 0 aromatic heterocycles. The SMILES string of the molecule is CC(CC1CCCN1)Nc1ccc(Br)c(I)c1. The van der Waals surface area contributed by atoms with E-state index in [1.807, 2.05) is 0 Å². The largest absolute Gasteiger partial charge is 0.383 e. The van der Waals surface area contributed by atoms with Crippen molar-refractivity contribution in [1.29, 1.82) is 0 Å². The van der Waals surface area contributed by atoms with Crippen LogP contribution in [0, 0.1) is 3.57 Å². The molecule has 17 heavy (non-hydrogen) atoms. The Balaban J connectivity index is 1.88. The molecular weight excluding hydrogens is 391 g/mol. The third kappa shape index (κ3) is 4.10. The van der Waals surface area contributed by atoms with Gasteiger partial charge in [-0.3, -0.25) is 0 Å². The van der Waals surface area contributed by atoms with Gasteiger partial charge in [0.05, 0.1) is 0 Å². The molecule has 0 radical (unpaired) electrons. The second-order valence-corrected chi connectivity index (χ2v) is 6.72. The molecule has 0 spiro atoms. The van der Waals surface area contributed by atoms with Gasteiger partial charge in [-0.2, -0.15) is 0 Å². The fourth-order valence-electron chi connectivity index (χ4n) is 2.31. The van der Waals surface area contributed by atoms with Crippen molar-refractivity contribution in [3.05, 3.63) is 26.2 Å². The van der Waals surface area contributed by atoms with Crippen LogP contribution >= 0.6 is 38.5 Å². The quantitative estimate of drug-likeness (QED) is 0.736.